The number of H-pyrrole nitrogens is 1. The Bertz CT molecular complexity index is 662. The molecule has 1 saturated carbocycles. The van der Waals surface area contributed by atoms with Gasteiger partial charge in [0.2, 0.25) is 0 Å². The number of fused-ring (bicyclic) bond motifs is 1. The van der Waals surface area contributed by atoms with Crippen molar-refractivity contribution in [3.8, 4) is 0 Å². The summed E-state index contributed by atoms with van der Waals surface area (Å²) in [5.41, 5.74) is 0.726. The monoisotopic (exact) mass is 305 g/mol. The maximum atomic E-state index is 14.7. The average Bonchev–Trinajstić information content (AvgIpc) is 2.97. The summed E-state index contributed by atoms with van der Waals surface area (Å²) in [6.07, 6.45) is 3.23. The summed E-state index contributed by atoms with van der Waals surface area (Å²) in [7, 11) is 0. The van der Waals surface area contributed by atoms with Crippen molar-refractivity contribution < 1.29 is 14.3 Å². The minimum absolute atomic E-state index is 0.254. The van der Waals surface area contributed by atoms with Crippen molar-refractivity contribution in [2.24, 2.45) is 5.92 Å². The number of nitrogens with zero attached hydrogens (tertiary/aromatic N) is 1. The minimum Gasteiger partial charge on any atom is -0.481 e. The van der Waals surface area contributed by atoms with E-state index in [1.54, 1.807) is 6.20 Å². The molecule has 0 unspecified atom stereocenters. The summed E-state index contributed by atoms with van der Waals surface area (Å²) in [4.78, 5) is 10.9. The fourth-order valence-corrected chi connectivity index (χ4v) is 3.16. The fraction of sp³-hybridized carbons (Fsp3) is 0.500. The Labute approximate surface area is 127 Å². The highest BCUT2D eigenvalue weighted by atomic mass is 19.1. The molecule has 1 fully saturated rings. The van der Waals surface area contributed by atoms with Crippen LogP contribution in [0.5, 0.6) is 0 Å². The van der Waals surface area contributed by atoms with Crippen LogP contribution in [0.3, 0.4) is 0 Å². The molecule has 22 heavy (non-hydrogen) atoms. The highest BCUT2D eigenvalue weighted by Gasteiger charge is 2.37. The smallest absolute Gasteiger partial charge is 0.306 e. The molecular formula is C16H20FN3O2. The van der Waals surface area contributed by atoms with Crippen molar-refractivity contribution in [1.82, 2.24) is 15.5 Å². The Morgan fingerprint density at radius 1 is 1.45 bits per heavy atom. The molecule has 0 atom stereocenters. The average molecular weight is 305 g/mol. The van der Waals surface area contributed by atoms with Gasteiger partial charge in [0.1, 0.15) is 5.67 Å². The van der Waals surface area contributed by atoms with Gasteiger partial charge in [-0.1, -0.05) is 18.2 Å². The minimum atomic E-state index is -1.30. The van der Waals surface area contributed by atoms with Gasteiger partial charge in [0.05, 0.1) is 17.6 Å². The van der Waals surface area contributed by atoms with Crippen LogP contribution in [0.4, 0.5) is 4.39 Å². The molecular weight excluding hydrogens is 285 g/mol. The molecule has 1 aliphatic rings. The second-order valence-corrected chi connectivity index (χ2v) is 6.12. The number of aromatic amines is 1. The number of aromatic nitrogens is 2. The number of carboxylic acid groups (broad SMARTS) is 1. The van der Waals surface area contributed by atoms with E-state index < -0.39 is 11.6 Å². The first-order valence-corrected chi connectivity index (χ1v) is 7.61. The van der Waals surface area contributed by atoms with E-state index in [1.165, 1.54) is 0 Å². The van der Waals surface area contributed by atoms with Gasteiger partial charge < -0.3 is 10.4 Å². The molecule has 0 spiro atoms. The number of halogens is 1. The van der Waals surface area contributed by atoms with Crippen LogP contribution in [0.2, 0.25) is 0 Å². The van der Waals surface area contributed by atoms with Gasteiger partial charge in [-0.3, -0.25) is 9.89 Å². The molecule has 0 saturated heterocycles. The lowest BCUT2D eigenvalue weighted by Gasteiger charge is -2.32. The third-order valence-electron chi connectivity index (χ3n) is 4.55. The molecule has 2 aromatic rings. The lowest BCUT2D eigenvalue weighted by molar-refractivity contribution is -0.143. The van der Waals surface area contributed by atoms with Gasteiger partial charge in [0.25, 0.3) is 0 Å². The van der Waals surface area contributed by atoms with E-state index in [1.807, 2.05) is 18.2 Å². The number of carbonyl (C=O) groups is 1. The molecule has 6 heteroatoms. The third kappa shape index (κ3) is 3.11. The molecule has 1 aromatic carbocycles. The van der Waals surface area contributed by atoms with Gasteiger partial charge in [0.15, 0.2) is 0 Å². The van der Waals surface area contributed by atoms with Gasteiger partial charge in [-0.2, -0.15) is 5.10 Å². The van der Waals surface area contributed by atoms with Crippen LogP contribution in [0.1, 0.15) is 31.2 Å². The van der Waals surface area contributed by atoms with E-state index in [9.17, 15) is 9.18 Å². The lowest BCUT2D eigenvalue weighted by Crippen LogP contribution is -2.40. The Kier molecular flexibility index (Phi) is 4.11. The van der Waals surface area contributed by atoms with Crippen molar-refractivity contribution in [1.29, 1.82) is 0 Å². The number of nitrogens with one attached hydrogen (secondary N) is 2. The van der Waals surface area contributed by atoms with Crippen LogP contribution in [-0.2, 0) is 11.3 Å². The largest absolute Gasteiger partial charge is 0.481 e. The second-order valence-electron chi connectivity index (χ2n) is 6.12. The molecule has 0 radical (unpaired) electrons. The third-order valence-corrected chi connectivity index (χ3v) is 4.55. The summed E-state index contributed by atoms with van der Waals surface area (Å²) >= 11 is 0. The number of benzene rings is 1. The van der Waals surface area contributed by atoms with Gasteiger partial charge in [0, 0.05) is 18.5 Å². The van der Waals surface area contributed by atoms with E-state index in [2.05, 4.69) is 15.5 Å². The maximum absolute atomic E-state index is 14.7. The molecule has 0 amide bonds. The van der Waals surface area contributed by atoms with Crippen LogP contribution in [0.15, 0.2) is 24.4 Å². The van der Waals surface area contributed by atoms with Crippen molar-refractivity contribution in [3.05, 3.63) is 30.0 Å². The summed E-state index contributed by atoms with van der Waals surface area (Å²) in [6, 6.07) is 5.92. The number of carboxylic acids is 1. The molecule has 1 heterocycles. The van der Waals surface area contributed by atoms with Gasteiger partial charge in [-0.25, -0.2) is 4.39 Å². The summed E-state index contributed by atoms with van der Waals surface area (Å²) in [5.74, 6) is -1.19. The Balaban J connectivity index is 1.55. The number of alkyl halides is 1. The zero-order valence-corrected chi connectivity index (χ0v) is 12.3. The van der Waals surface area contributed by atoms with Crippen molar-refractivity contribution in [2.45, 2.75) is 37.9 Å². The highest BCUT2D eigenvalue weighted by molar-refractivity contribution is 5.81. The van der Waals surface area contributed by atoms with Gasteiger partial charge in [-0.05, 0) is 31.2 Å². The zero-order valence-electron chi connectivity index (χ0n) is 12.3. The molecule has 3 rings (SSSR count). The SMILES string of the molecule is O=C(O)C1CCC(F)(CNCc2cccc3cn[nH]c23)CC1. The van der Waals surface area contributed by atoms with Crippen LogP contribution in [0.25, 0.3) is 10.9 Å². The van der Waals surface area contributed by atoms with Crippen LogP contribution >= 0.6 is 0 Å². The molecule has 0 aliphatic heterocycles. The number of aliphatic carboxylic acids is 1. The molecule has 0 bridgehead atoms. The molecule has 3 N–H and O–H groups in total. The summed E-state index contributed by atoms with van der Waals surface area (Å²) in [5, 5.41) is 20.1. The van der Waals surface area contributed by atoms with E-state index in [0.717, 1.165) is 16.5 Å². The Morgan fingerprint density at radius 3 is 2.95 bits per heavy atom. The predicted molar refractivity (Wildman–Crippen MR) is 81.2 cm³/mol. The normalized spacial score (nSPS) is 25.4. The Morgan fingerprint density at radius 2 is 2.23 bits per heavy atom. The number of hydrogen-bond acceptors (Lipinski definition) is 3. The number of rotatable bonds is 5. The van der Waals surface area contributed by atoms with Crippen LogP contribution < -0.4 is 5.32 Å². The highest BCUT2D eigenvalue weighted by Crippen LogP contribution is 2.34. The van der Waals surface area contributed by atoms with Crippen molar-refractivity contribution >= 4 is 16.9 Å². The zero-order chi connectivity index (χ0) is 15.6. The summed E-state index contributed by atoms with van der Waals surface area (Å²) in [6.45, 7) is 0.817. The van der Waals surface area contributed by atoms with E-state index in [-0.39, 0.29) is 12.5 Å². The standard InChI is InChI=1S/C16H20FN3O2/c17-16(6-4-11(5-7-16)15(21)22)10-18-8-12-2-1-3-13-9-19-20-14(12)13/h1-3,9,11,18H,4-8,10H2,(H,19,20)(H,21,22). The van der Waals surface area contributed by atoms with Crippen molar-refractivity contribution in [2.75, 3.05) is 6.54 Å². The summed E-state index contributed by atoms with van der Waals surface area (Å²) < 4.78 is 14.7. The first-order chi connectivity index (χ1) is 10.6. The molecule has 5 nitrogen and oxygen atoms in total. The van der Waals surface area contributed by atoms with Gasteiger partial charge >= 0.3 is 5.97 Å². The van der Waals surface area contributed by atoms with E-state index in [0.29, 0.717) is 32.2 Å². The Hall–Kier alpha value is -1.95. The topological polar surface area (TPSA) is 78.0 Å². The second kappa shape index (κ2) is 6.04. The van der Waals surface area contributed by atoms with E-state index in [4.69, 9.17) is 5.11 Å². The first-order valence-electron chi connectivity index (χ1n) is 7.61. The quantitative estimate of drug-likeness (QED) is 0.793. The van der Waals surface area contributed by atoms with Crippen LogP contribution in [0, 0.1) is 5.92 Å². The van der Waals surface area contributed by atoms with Crippen molar-refractivity contribution in [3.63, 3.8) is 0 Å². The number of para-hydroxylation sites is 1. The lowest BCUT2D eigenvalue weighted by atomic mass is 9.80. The number of hydrogen-bond donors (Lipinski definition) is 3. The van der Waals surface area contributed by atoms with E-state index >= 15 is 0 Å². The van der Waals surface area contributed by atoms with Crippen LogP contribution in [-0.4, -0.2) is 33.5 Å². The molecule has 1 aromatic heterocycles. The first kappa shape index (κ1) is 15.0. The molecule has 118 valence electrons. The fourth-order valence-electron chi connectivity index (χ4n) is 3.16. The van der Waals surface area contributed by atoms with Gasteiger partial charge in [-0.15, -0.1) is 0 Å². The molecule has 1 aliphatic carbocycles. The maximum Gasteiger partial charge on any atom is 0.306 e. The predicted octanol–water partition coefficient (Wildman–Crippen LogP) is 2.64.